The number of hydrogen-bond donors (Lipinski definition) is 0. The summed E-state index contributed by atoms with van der Waals surface area (Å²) >= 11 is 0. The van der Waals surface area contributed by atoms with E-state index >= 15 is 0 Å². The first-order valence-corrected chi connectivity index (χ1v) is 9.36. The van der Waals surface area contributed by atoms with Crippen molar-refractivity contribution in [2.45, 2.75) is 27.2 Å². The fourth-order valence-electron chi connectivity index (χ4n) is 3.44. The Morgan fingerprint density at radius 3 is 2.58 bits per heavy atom. The molecule has 140 valence electrons. The summed E-state index contributed by atoms with van der Waals surface area (Å²) in [5.74, 6) is -0.268. The van der Waals surface area contributed by atoms with E-state index < -0.39 is 11.6 Å². The summed E-state index contributed by atoms with van der Waals surface area (Å²) in [7, 11) is 0. The molecule has 1 heterocycles. The quantitative estimate of drug-likeness (QED) is 0.579. The van der Waals surface area contributed by atoms with Crippen LogP contribution in [0.15, 0.2) is 17.7 Å². The van der Waals surface area contributed by atoms with Crippen molar-refractivity contribution in [2.75, 3.05) is 39.5 Å². The molecule has 1 aliphatic heterocycles. The molecule has 1 saturated heterocycles. The molecule has 1 aromatic carbocycles. The van der Waals surface area contributed by atoms with E-state index in [0.717, 1.165) is 50.4 Å². The molecule has 1 aliphatic carbocycles. The maximum absolute atomic E-state index is 12.7. The zero-order chi connectivity index (χ0) is 18.7. The van der Waals surface area contributed by atoms with Crippen molar-refractivity contribution in [3.05, 3.63) is 34.4 Å². The van der Waals surface area contributed by atoms with E-state index in [1.165, 1.54) is 0 Å². The fourth-order valence-corrected chi connectivity index (χ4v) is 3.44. The van der Waals surface area contributed by atoms with Crippen molar-refractivity contribution in [1.29, 1.82) is 0 Å². The van der Waals surface area contributed by atoms with Crippen LogP contribution in [0.1, 0.15) is 41.8 Å². The van der Waals surface area contributed by atoms with Gasteiger partial charge in [-0.1, -0.05) is 26.0 Å². The largest absolute Gasteiger partial charge is 0.492 e. The van der Waals surface area contributed by atoms with Gasteiger partial charge < -0.3 is 9.47 Å². The van der Waals surface area contributed by atoms with Crippen LogP contribution in [0.25, 0.3) is 6.08 Å². The summed E-state index contributed by atoms with van der Waals surface area (Å²) in [6, 6.07) is 3.85. The Morgan fingerprint density at radius 1 is 1.15 bits per heavy atom. The number of nitrogens with zero attached hydrogens (tertiary/aromatic N) is 1. The van der Waals surface area contributed by atoms with Crippen molar-refractivity contribution >= 4 is 17.6 Å². The molecule has 0 atom stereocenters. The van der Waals surface area contributed by atoms with Gasteiger partial charge in [0.1, 0.15) is 5.75 Å². The predicted molar refractivity (Wildman–Crippen MR) is 101 cm³/mol. The molecule has 0 N–H and O–H groups in total. The SMILES string of the molecule is Cc1ccc2c(c1OCCCN1CCOCC1)C(=O)C(=O)C(C(C)C)=C2. The average Bonchev–Trinajstić information content (AvgIpc) is 2.63. The number of Topliss-reactive ketones (excluding diaryl/α,β-unsaturated/α-hetero) is 2. The van der Waals surface area contributed by atoms with Crippen LogP contribution in [0.4, 0.5) is 0 Å². The molecule has 3 rings (SSSR count). The number of benzene rings is 1. The predicted octanol–water partition coefficient (Wildman–Crippen LogP) is 2.90. The van der Waals surface area contributed by atoms with Crippen molar-refractivity contribution in [2.24, 2.45) is 5.92 Å². The van der Waals surface area contributed by atoms with Crippen LogP contribution < -0.4 is 4.74 Å². The lowest BCUT2D eigenvalue weighted by Crippen LogP contribution is -2.37. The first-order chi connectivity index (χ1) is 12.5. The fraction of sp³-hybridized carbons (Fsp3) is 0.524. The maximum Gasteiger partial charge on any atom is 0.237 e. The van der Waals surface area contributed by atoms with E-state index in [1.807, 2.05) is 39.0 Å². The maximum atomic E-state index is 12.7. The Labute approximate surface area is 155 Å². The number of fused-ring (bicyclic) bond motifs is 1. The Morgan fingerprint density at radius 2 is 1.88 bits per heavy atom. The third kappa shape index (κ3) is 3.89. The van der Waals surface area contributed by atoms with Gasteiger partial charge in [0, 0.05) is 25.2 Å². The highest BCUT2D eigenvalue weighted by molar-refractivity contribution is 6.52. The Kier molecular flexibility index (Phi) is 5.89. The molecule has 0 saturated carbocycles. The number of allylic oxidation sites excluding steroid dienone is 1. The van der Waals surface area contributed by atoms with E-state index in [9.17, 15) is 9.59 Å². The van der Waals surface area contributed by atoms with Gasteiger partial charge in [0.05, 0.1) is 25.4 Å². The van der Waals surface area contributed by atoms with E-state index in [-0.39, 0.29) is 5.92 Å². The van der Waals surface area contributed by atoms with Crippen LogP contribution in [-0.2, 0) is 9.53 Å². The number of carbonyl (C=O) groups is 2. The second-order valence-electron chi connectivity index (χ2n) is 7.24. The van der Waals surface area contributed by atoms with E-state index in [1.54, 1.807) is 0 Å². The minimum Gasteiger partial charge on any atom is -0.492 e. The van der Waals surface area contributed by atoms with Crippen LogP contribution in [0.5, 0.6) is 5.75 Å². The molecular formula is C21H27NO4. The summed E-state index contributed by atoms with van der Waals surface area (Å²) < 4.78 is 11.3. The number of ketones is 2. The molecule has 5 nitrogen and oxygen atoms in total. The first-order valence-electron chi connectivity index (χ1n) is 9.36. The Balaban J connectivity index is 1.73. The lowest BCUT2D eigenvalue weighted by atomic mass is 9.84. The van der Waals surface area contributed by atoms with Gasteiger partial charge in [0.2, 0.25) is 11.6 Å². The van der Waals surface area contributed by atoms with E-state index in [4.69, 9.17) is 9.47 Å². The zero-order valence-corrected chi connectivity index (χ0v) is 15.8. The van der Waals surface area contributed by atoms with E-state index in [2.05, 4.69) is 4.90 Å². The molecule has 26 heavy (non-hydrogen) atoms. The highest BCUT2D eigenvalue weighted by atomic mass is 16.5. The van der Waals surface area contributed by atoms with Crippen LogP contribution in [0.2, 0.25) is 0 Å². The van der Waals surface area contributed by atoms with E-state index in [0.29, 0.717) is 23.5 Å². The third-order valence-electron chi connectivity index (χ3n) is 4.98. The van der Waals surface area contributed by atoms with Crippen LogP contribution in [0.3, 0.4) is 0 Å². The smallest absolute Gasteiger partial charge is 0.237 e. The average molecular weight is 357 g/mol. The molecule has 0 aromatic heterocycles. The minimum atomic E-state index is -0.446. The molecule has 1 aromatic rings. The van der Waals surface area contributed by atoms with Gasteiger partial charge in [-0.15, -0.1) is 0 Å². The van der Waals surface area contributed by atoms with Gasteiger partial charge in [-0.25, -0.2) is 0 Å². The van der Waals surface area contributed by atoms with Crippen molar-refractivity contribution in [3.63, 3.8) is 0 Å². The third-order valence-corrected chi connectivity index (χ3v) is 4.98. The molecule has 0 bridgehead atoms. The molecule has 0 amide bonds. The van der Waals surface area contributed by atoms with Crippen molar-refractivity contribution in [1.82, 2.24) is 4.90 Å². The zero-order valence-electron chi connectivity index (χ0n) is 15.8. The van der Waals surface area contributed by atoms with Crippen molar-refractivity contribution < 1.29 is 19.1 Å². The number of aryl methyl sites for hydroxylation is 1. The number of rotatable bonds is 6. The Hall–Kier alpha value is -1.98. The highest BCUT2D eigenvalue weighted by Crippen LogP contribution is 2.34. The summed E-state index contributed by atoms with van der Waals surface area (Å²) in [5.41, 5.74) is 2.67. The molecule has 0 unspecified atom stereocenters. The monoisotopic (exact) mass is 357 g/mol. The standard InChI is InChI=1S/C21H27NO4/c1-14(2)17-13-16-6-5-15(3)21(18(16)20(24)19(17)23)26-10-4-7-22-8-11-25-12-9-22/h5-6,13-14H,4,7-12H2,1-3H3. The normalized spacial score (nSPS) is 18.1. The molecule has 5 heteroatoms. The van der Waals surface area contributed by atoms with Gasteiger partial charge in [-0.3, -0.25) is 14.5 Å². The van der Waals surface area contributed by atoms with Crippen LogP contribution in [-0.4, -0.2) is 55.9 Å². The molecular weight excluding hydrogens is 330 g/mol. The van der Waals surface area contributed by atoms with Gasteiger partial charge in [0.25, 0.3) is 0 Å². The molecule has 0 radical (unpaired) electrons. The van der Waals surface area contributed by atoms with Crippen LogP contribution >= 0.6 is 0 Å². The lowest BCUT2D eigenvalue weighted by Gasteiger charge is -2.26. The van der Waals surface area contributed by atoms with Crippen molar-refractivity contribution in [3.8, 4) is 5.75 Å². The van der Waals surface area contributed by atoms with Gasteiger partial charge in [0.15, 0.2) is 0 Å². The number of morpholine rings is 1. The Bertz CT molecular complexity index is 730. The summed E-state index contributed by atoms with van der Waals surface area (Å²) in [6.45, 7) is 10.7. The topological polar surface area (TPSA) is 55.8 Å². The molecule has 1 fully saturated rings. The van der Waals surface area contributed by atoms with Gasteiger partial charge in [-0.05, 0) is 36.5 Å². The number of ether oxygens (including phenoxy) is 2. The summed E-state index contributed by atoms with van der Waals surface area (Å²) in [5, 5.41) is 0. The minimum absolute atomic E-state index is 0.0267. The first kappa shape index (κ1) is 18.8. The molecule has 0 spiro atoms. The molecule has 2 aliphatic rings. The number of carbonyl (C=O) groups excluding carboxylic acids is 2. The summed E-state index contributed by atoms with van der Waals surface area (Å²) in [4.78, 5) is 27.5. The van der Waals surface area contributed by atoms with Crippen LogP contribution in [0, 0.1) is 12.8 Å². The lowest BCUT2D eigenvalue weighted by molar-refractivity contribution is -0.112. The second-order valence-corrected chi connectivity index (χ2v) is 7.24. The highest BCUT2D eigenvalue weighted by Gasteiger charge is 2.32. The summed E-state index contributed by atoms with van der Waals surface area (Å²) in [6.07, 6.45) is 2.71. The second kappa shape index (κ2) is 8.14. The van der Waals surface area contributed by atoms with Gasteiger partial charge >= 0.3 is 0 Å². The number of hydrogen-bond acceptors (Lipinski definition) is 5. The van der Waals surface area contributed by atoms with Gasteiger partial charge in [-0.2, -0.15) is 0 Å².